The fourth-order valence-corrected chi connectivity index (χ4v) is 3.48. The number of carbonyl (C=O) groups is 1. The SMILES string of the molecule is CC1CCC(NC(=O)C2(C(N)=S)CCOCC2)C1C. The van der Waals surface area contributed by atoms with E-state index in [0.29, 0.717) is 42.9 Å². The summed E-state index contributed by atoms with van der Waals surface area (Å²) in [6, 6.07) is 0.261. The predicted octanol–water partition coefficient (Wildman–Crippen LogP) is 1.62. The van der Waals surface area contributed by atoms with Crippen molar-refractivity contribution in [1.82, 2.24) is 5.32 Å². The Bertz CT molecular complexity index is 366. The van der Waals surface area contributed by atoms with Crippen molar-refractivity contribution < 1.29 is 9.53 Å². The second-order valence-corrected chi connectivity index (χ2v) is 6.49. The van der Waals surface area contributed by atoms with Crippen LogP contribution in [0.4, 0.5) is 0 Å². The highest BCUT2D eigenvalue weighted by Crippen LogP contribution is 2.35. The number of ether oxygens (including phenoxy) is 1. The van der Waals surface area contributed by atoms with Crippen LogP contribution >= 0.6 is 12.2 Å². The van der Waals surface area contributed by atoms with Crippen LogP contribution < -0.4 is 11.1 Å². The van der Waals surface area contributed by atoms with Crippen molar-refractivity contribution >= 4 is 23.1 Å². The van der Waals surface area contributed by atoms with Crippen LogP contribution in [0.25, 0.3) is 0 Å². The number of carbonyl (C=O) groups excluding carboxylic acids is 1. The number of nitrogens with two attached hydrogens (primary N) is 1. The van der Waals surface area contributed by atoms with Crippen molar-refractivity contribution in [3.05, 3.63) is 0 Å². The number of rotatable bonds is 3. The van der Waals surface area contributed by atoms with E-state index in [9.17, 15) is 4.79 Å². The van der Waals surface area contributed by atoms with E-state index in [-0.39, 0.29) is 11.9 Å². The highest BCUT2D eigenvalue weighted by atomic mass is 32.1. The van der Waals surface area contributed by atoms with Gasteiger partial charge in [0.05, 0.1) is 4.99 Å². The molecule has 2 aliphatic rings. The minimum absolute atomic E-state index is 0.00856. The Kier molecular flexibility index (Phi) is 4.46. The summed E-state index contributed by atoms with van der Waals surface area (Å²) in [5, 5.41) is 3.19. The molecule has 0 aromatic heterocycles. The average Bonchev–Trinajstić information content (AvgIpc) is 2.71. The van der Waals surface area contributed by atoms with E-state index in [4.69, 9.17) is 22.7 Å². The van der Waals surface area contributed by atoms with Crippen LogP contribution in [0.15, 0.2) is 0 Å². The zero-order chi connectivity index (χ0) is 14.0. The van der Waals surface area contributed by atoms with Gasteiger partial charge >= 0.3 is 0 Å². The van der Waals surface area contributed by atoms with E-state index in [1.807, 2.05) is 0 Å². The maximum Gasteiger partial charge on any atom is 0.233 e. The van der Waals surface area contributed by atoms with Gasteiger partial charge in [-0.2, -0.15) is 0 Å². The molecule has 19 heavy (non-hydrogen) atoms. The molecule has 5 heteroatoms. The Hall–Kier alpha value is -0.680. The first-order chi connectivity index (χ1) is 8.97. The van der Waals surface area contributed by atoms with E-state index in [1.54, 1.807) is 0 Å². The second kappa shape index (κ2) is 5.75. The predicted molar refractivity (Wildman–Crippen MR) is 78.8 cm³/mol. The van der Waals surface area contributed by atoms with Gasteiger partial charge in [-0.15, -0.1) is 0 Å². The Morgan fingerprint density at radius 2 is 1.95 bits per heavy atom. The molecule has 2 fully saturated rings. The molecule has 3 N–H and O–H groups in total. The maximum atomic E-state index is 12.6. The van der Waals surface area contributed by atoms with Gasteiger partial charge in [0.2, 0.25) is 5.91 Å². The summed E-state index contributed by atoms with van der Waals surface area (Å²) >= 11 is 5.16. The normalized spacial score (nSPS) is 33.9. The Balaban J connectivity index is 2.06. The third-order valence-corrected chi connectivity index (χ3v) is 5.43. The molecule has 1 aliphatic heterocycles. The van der Waals surface area contributed by atoms with Gasteiger partial charge in [-0.25, -0.2) is 0 Å². The van der Waals surface area contributed by atoms with Crippen LogP contribution in [0.2, 0.25) is 0 Å². The maximum absolute atomic E-state index is 12.6. The lowest BCUT2D eigenvalue weighted by Crippen LogP contribution is -2.54. The van der Waals surface area contributed by atoms with Crippen LogP contribution in [-0.2, 0) is 9.53 Å². The number of hydrogen-bond acceptors (Lipinski definition) is 3. The van der Waals surface area contributed by atoms with Gasteiger partial charge in [0.15, 0.2) is 0 Å². The van der Waals surface area contributed by atoms with E-state index < -0.39 is 5.41 Å². The first kappa shape index (κ1) is 14.7. The molecular weight excluding hydrogens is 260 g/mol. The second-order valence-electron chi connectivity index (χ2n) is 6.05. The topological polar surface area (TPSA) is 64.4 Å². The lowest BCUT2D eigenvalue weighted by molar-refractivity contribution is -0.132. The van der Waals surface area contributed by atoms with Gasteiger partial charge in [0.1, 0.15) is 5.41 Å². The lowest BCUT2D eigenvalue weighted by Gasteiger charge is -2.36. The molecule has 108 valence electrons. The molecule has 1 saturated carbocycles. The van der Waals surface area contributed by atoms with Crippen molar-refractivity contribution in [2.45, 2.75) is 45.6 Å². The smallest absolute Gasteiger partial charge is 0.233 e. The van der Waals surface area contributed by atoms with Gasteiger partial charge < -0.3 is 15.8 Å². The van der Waals surface area contributed by atoms with E-state index in [2.05, 4.69) is 19.2 Å². The fourth-order valence-electron chi connectivity index (χ4n) is 3.18. The molecule has 1 amide bonds. The van der Waals surface area contributed by atoms with Crippen molar-refractivity contribution in [2.24, 2.45) is 23.0 Å². The quantitative estimate of drug-likeness (QED) is 0.773. The molecule has 1 aliphatic carbocycles. The Morgan fingerprint density at radius 3 is 2.42 bits per heavy atom. The van der Waals surface area contributed by atoms with Crippen LogP contribution in [0.1, 0.15) is 39.5 Å². The zero-order valence-corrected chi connectivity index (χ0v) is 12.6. The van der Waals surface area contributed by atoms with Crippen molar-refractivity contribution in [2.75, 3.05) is 13.2 Å². The minimum Gasteiger partial charge on any atom is -0.392 e. The van der Waals surface area contributed by atoms with Crippen molar-refractivity contribution in [1.29, 1.82) is 0 Å². The average molecular weight is 284 g/mol. The number of thiocarbonyl (C=S) groups is 1. The molecule has 1 heterocycles. The van der Waals surface area contributed by atoms with Crippen LogP contribution in [-0.4, -0.2) is 30.2 Å². The summed E-state index contributed by atoms with van der Waals surface area (Å²) < 4.78 is 5.34. The summed E-state index contributed by atoms with van der Waals surface area (Å²) in [4.78, 5) is 12.9. The molecule has 0 spiro atoms. The third-order valence-electron chi connectivity index (χ3n) is 5.03. The van der Waals surface area contributed by atoms with Gasteiger partial charge in [-0.1, -0.05) is 26.1 Å². The summed E-state index contributed by atoms with van der Waals surface area (Å²) in [7, 11) is 0. The highest BCUT2D eigenvalue weighted by Gasteiger charge is 2.44. The molecule has 0 radical (unpaired) electrons. The highest BCUT2D eigenvalue weighted by molar-refractivity contribution is 7.80. The summed E-state index contributed by atoms with van der Waals surface area (Å²) in [5.74, 6) is 1.20. The van der Waals surface area contributed by atoms with Crippen LogP contribution in [0.3, 0.4) is 0 Å². The molecular formula is C14H24N2O2S. The zero-order valence-electron chi connectivity index (χ0n) is 11.8. The lowest BCUT2D eigenvalue weighted by atomic mass is 9.78. The monoisotopic (exact) mass is 284 g/mol. The summed E-state index contributed by atoms with van der Waals surface area (Å²) in [5.41, 5.74) is 5.16. The Morgan fingerprint density at radius 1 is 1.32 bits per heavy atom. The number of hydrogen-bond donors (Lipinski definition) is 2. The van der Waals surface area contributed by atoms with Gasteiger partial charge in [0, 0.05) is 19.3 Å². The summed E-state index contributed by atoms with van der Waals surface area (Å²) in [6.07, 6.45) is 3.43. The summed E-state index contributed by atoms with van der Waals surface area (Å²) in [6.45, 7) is 5.57. The third kappa shape index (κ3) is 2.77. The molecule has 3 atom stereocenters. The molecule has 0 aromatic rings. The van der Waals surface area contributed by atoms with Gasteiger partial charge in [-0.05, 0) is 37.5 Å². The molecule has 4 nitrogen and oxygen atoms in total. The number of amides is 1. The van der Waals surface area contributed by atoms with E-state index in [0.717, 1.165) is 6.42 Å². The molecule has 3 unspecified atom stereocenters. The van der Waals surface area contributed by atoms with E-state index >= 15 is 0 Å². The van der Waals surface area contributed by atoms with Gasteiger partial charge in [0.25, 0.3) is 0 Å². The standard InChI is InChI=1S/C14H24N2O2S/c1-9-3-4-11(10(9)2)16-13(17)14(12(15)19)5-7-18-8-6-14/h9-11H,3-8H2,1-2H3,(H2,15,19)(H,16,17). The molecule has 0 bridgehead atoms. The largest absolute Gasteiger partial charge is 0.392 e. The molecule has 1 saturated heterocycles. The van der Waals surface area contributed by atoms with Crippen LogP contribution in [0, 0.1) is 17.3 Å². The Labute approximate surface area is 120 Å². The van der Waals surface area contributed by atoms with Crippen molar-refractivity contribution in [3.63, 3.8) is 0 Å². The molecule has 0 aromatic carbocycles. The fraction of sp³-hybridized carbons (Fsp3) is 0.857. The molecule has 2 rings (SSSR count). The minimum atomic E-state index is -0.695. The van der Waals surface area contributed by atoms with Gasteiger partial charge in [-0.3, -0.25) is 4.79 Å². The first-order valence-corrected chi connectivity index (χ1v) is 7.57. The number of nitrogens with one attached hydrogen (secondary N) is 1. The van der Waals surface area contributed by atoms with Crippen LogP contribution in [0.5, 0.6) is 0 Å². The van der Waals surface area contributed by atoms with Crippen molar-refractivity contribution in [3.8, 4) is 0 Å². The first-order valence-electron chi connectivity index (χ1n) is 7.16. The van der Waals surface area contributed by atoms with E-state index in [1.165, 1.54) is 6.42 Å².